The van der Waals surface area contributed by atoms with Crippen LogP contribution >= 0.6 is 0 Å². The van der Waals surface area contributed by atoms with Crippen molar-refractivity contribution >= 4 is 17.8 Å². The molecule has 134 valence electrons. The summed E-state index contributed by atoms with van der Waals surface area (Å²) in [6.07, 6.45) is 6.43. The van der Waals surface area contributed by atoms with Crippen LogP contribution in [0.1, 0.15) is 30.3 Å². The lowest BCUT2D eigenvalue weighted by Gasteiger charge is -1.98. The molecule has 0 amide bonds. The first-order valence-corrected chi connectivity index (χ1v) is 8.19. The number of aromatic amines is 3. The van der Waals surface area contributed by atoms with Crippen molar-refractivity contribution in [3.63, 3.8) is 0 Å². The fourth-order valence-electron chi connectivity index (χ4n) is 2.56. The van der Waals surface area contributed by atoms with Gasteiger partial charge in [0.05, 0.1) is 17.7 Å². The summed E-state index contributed by atoms with van der Waals surface area (Å²) < 4.78 is 0. The molecule has 0 spiro atoms. The van der Waals surface area contributed by atoms with E-state index >= 15 is 0 Å². The highest BCUT2D eigenvalue weighted by molar-refractivity contribution is 5.53. The van der Waals surface area contributed by atoms with E-state index in [1.807, 2.05) is 12.4 Å². The van der Waals surface area contributed by atoms with Gasteiger partial charge in [0.1, 0.15) is 10.7 Å². The topological polar surface area (TPSA) is 127 Å². The minimum absolute atomic E-state index is 0.146. The average molecular weight is 353 g/mol. The van der Waals surface area contributed by atoms with Gasteiger partial charge in [0.25, 0.3) is 11.1 Å². The van der Waals surface area contributed by atoms with Crippen LogP contribution in [0.4, 0.5) is 5.69 Å². The molecule has 5 N–H and O–H groups in total. The number of aryl methyl sites for hydroxylation is 1. The Morgan fingerprint density at radius 3 is 2.35 bits per heavy atom. The zero-order valence-electron chi connectivity index (χ0n) is 14.2. The monoisotopic (exact) mass is 353 g/mol. The van der Waals surface area contributed by atoms with Crippen molar-refractivity contribution in [1.82, 2.24) is 19.9 Å². The number of anilines is 1. The molecule has 0 aliphatic carbocycles. The van der Waals surface area contributed by atoms with Gasteiger partial charge in [0.15, 0.2) is 0 Å². The molecule has 1 aromatic carbocycles. The molecule has 0 bridgehead atoms. The van der Waals surface area contributed by atoms with Crippen molar-refractivity contribution in [2.75, 3.05) is 5.48 Å². The zero-order chi connectivity index (χ0) is 18.5. The number of nitrogens with zero attached hydrogens (tertiary/aromatic N) is 1. The Hall–Kier alpha value is -3.39. The molecule has 3 rings (SSSR count). The number of aromatic nitrogens is 4. The van der Waals surface area contributed by atoms with Gasteiger partial charge in [-0.05, 0) is 36.3 Å². The molecule has 0 saturated heterocycles. The van der Waals surface area contributed by atoms with E-state index in [0.29, 0.717) is 16.9 Å². The van der Waals surface area contributed by atoms with E-state index in [0.717, 1.165) is 18.5 Å². The van der Waals surface area contributed by atoms with Gasteiger partial charge < -0.3 is 15.0 Å². The van der Waals surface area contributed by atoms with E-state index in [2.05, 4.69) is 19.9 Å². The Morgan fingerprint density at radius 1 is 1.08 bits per heavy atom. The fourth-order valence-corrected chi connectivity index (χ4v) is 2.56. The average Bonchev–Trinajstić information content (AvgIpc) is 3.07. The Kier molecular flexibility index (Phi) is 5.14. The van der Waals surface area contributed by atoms with Crippen LogP contribution in [0.3, 0.4) is 0 Å². The van der Waals surface area contributed by atoms with Gasteiger partial charge in [-0.2, -0.15) is 0 Å². The van der Waals surface area contributed by atoms with Crippen LogP contribution in [0.15, 0.2) is 40.2 Å². The van der Waals surface area contributed by atoms with E-state index in [1.165, 1.54) is 0 Å². The van der Waals surface area contributed by atoms with Crippen molar-refractivity contribution in [3.8, 4) is 0 Å². The molecule has 0 fully saturated rings. The lowest BCUT2D eigenvalue weighted by atomic mass is 10.2. The molecule has 0 aliphatic rings. The van der Waals surface area contributed by atoms with Gasteiger partial charge in [0.2, 0.25) is 0 Å². The predicted octanol–water partition coefficient (Wildman–Crippen LogP) is 0.198. The first-order valence-electron chi connectivity index (χ1n) is 8.19. The van der Waals surface area contributed by atoms with Gasteiger partial charge in [0, 0.05) is 5.69 Å². The van der Waals surface area contributed by atoms with Crippen molar-refractivity contribution in [3.05, 3.63) is 78.9 Å². The highest BCUT2D eigenvalue weighted by Crippen LogP contribution is 2.08. The van der Waals surface area contributed by atoms with Crippen LogP contribution in [-0.4, -0.2) is 25.1 Å². The third-order valence-corrected chi connectivity index (χ3v) is 3.87. The minimum Gasteiger partial charge on any atom is -0.348 e. The van der Waals surface area contributed by atoms with Crippen LogP contribution in [0.25, 0.3) is 12.2 Å². The zero-order valence-corrected chi connectivity index (χ0v) is 14.2. The lowest BCUT2D eigenvalue weighted by Crippen LogP contribution is -2.46. The maximum atomic E-state index is 12.3. The summed E-state index contributed by atoms with van der Waals surface area (Å²) in [5, 5.41) is 9.11. The first kappa shape index (κ1) is 17.4. The molecule has 0 unspecified atom stereocenters. The quantitative estimate of drug-likeness (QED) is 0.419. The summed E-state index contributed by atoms with van der Waals surface area (Å²) in [6, 6.07) is 6.70. The lowest BCUT2D eigenvalue weighted by molar-refractivity contribution is 0.389. The second-order valence-corrected chi connectivity index (χ2v) is 5.77. The summed E-state index contributed by atoms with van der Waals surface area (Å²) in [4.78, 5) is 37.0. The number of hydrogen-bond acceptors (Lipinski definition) is 5. The van der Waals surface area contributed by atoms with E-state index in [1.54, 1.807) is 42.7 Å². The Bertz CT molecular complexity index is 1120. The second-order valence-electron chi connectivity index (χ2n) is 5.77. The van der Waals surface area contributed by atoms with Gasteiger partial charge in [-0.3, -0.25) is 20.3 Å². The number of H-pyrrole nitrogens is 3. The Morgan fingerprint density at radius 2 is 1.73 bits per heavy atom. The highest BCUT2D eigenvalue weighted by Gasteiger charge is 2.03. The number of benzene rings is 1. The number of imidazole rings is 1. The van der Waals surface area contributed by atoms with Crippen molar-refractivity contribution in [2.45, 2.75) is 19.8 Å². The Balaban J connectivity index is 2.04. The second kappa shape index (κ2) is 7.66. The largest absolute Gasteiger partial charge is 0.348 e. The SMILES string of the molecule is CCCc1[nH]cnc1/C=c1\[nH]c(=O)/c(=C/c2ccc(NO)cc2)[nH]c1=O. The molecule has 0 radical (unpaired) electrons. The van der Waals surface area contributed by atoms with Gasteiger partial charge in [-0.25, -0.2) is 4.98 Å². The summed E-state index contributed by atoms with van der Waals surface area (Å²) in [7, 11) is 0. The molecule has 3 aromatic rings. The highest BCUT2D eigenvalue weighted by atomic mass is 16.5. The number of hydrogen-bond donors (Lipinski definition) is 5. The van der Waals surface area contributed by atoms with E-state index in [4.69, 9.17) is 5.21 Å². The molecule has 2 aromatic heterocycles. The summed E-state index contributed by atoms with van der Waals surface area (Å²) in [5.74, 6) is 0. The van der Waals surface area contributed by atoms with Crippen LogP contribution in [-0.2, 0) is 6.42 Å². The number of nitrogens with one attached hydrogen (secondary N) is 4. The maximum absolute atomic E-state index is 12.3. The van der Waals surface area contributed by atoms with Gasteiger partial charge in [-0.15, -0.1) is 0 Å². The normalized spacial score (nSPS) is 12.5. The van der Waals surface area contributed by atoms with Crippen LogP contribution < -0.4 is 27.3 Å². The summed E-state index contributed by atoms with van der Waals surface area (Å²) in [5.41, 5.74) is 4.00. The molecule has 2 heterocycles. The first-order chi connectivity index (χ1) is 12.6. The summed E-state index contributed by atoms with van der Waals surface area (Å²) in [6.45, 7) is 2.05. The molecule has 0 atom stereocenters. The molecular formula is C18H19N5O3. The molecule has 8 nitrogen and oxygen atoms in total. The minimum atomic E-state index is -0.409. The predicted molar refractivity (Wildman–Crippen MR) is 98.5 cm³/mol. The van der Waals surface area contributed by atoms with Crippen LogP contribution in [0.5, 0.6) is 0 Å². The molecular weight excluding hydrogens is 334 g/mol. The van der Waals surface area contributed by atoms with E-state index in [-0.39, 0.29) is 10.7 Å². The smallest absolute Gasteiger partial charge is 0.272 e. The van der Waals surface area contributed by atoms with E-state index in [9.17, 15) is 9.59 Å². The summed E-state index contributed by atoms with van der Waals surface area (Å²) >= 11 is 0. The number of rotatable bonds is 5. The van der Waals surface area contributed by atoms with Gasteiger partial charge in [-0.1, -0.05) is 25.5 Å². The van der Waals surface area contributed by atoms with Crippen molar-refractivity contribution in [2.24, 2.45) is 0 Å². The van der Waals surface area contributed by atoms with Crippen molar-refractivity contribution < 1.29 is 5.21 Å². The van der Waals surface area contributed by atoms with Gasteiger partial charge >= 0.3 is 0 Å². The maximum Gasteiger partial charge on any atom is 0.272 e. The van der Waals surface area contributed by atoms with E-state index < -0.39 is 11.1 Å². The molecule has 8 heteroatoms. The standard InChI is InChI=1S/C18H19N5O3/c1-2-3-13-14(20-10-19-13)9-16-18(25)21-15(17(24)22-16)8-11-4-6-12(23-26)7-5-11/h4-10,23,26H,2-3H2,1H3,(H,19,20)(H,21,25)(H,22,24)/b15-8-,16-9-. The Labute approximate surface area is 147 Å². The van der Waals surface area contributed by atoms with Crippen molar-refractivity contribution in [1.29, 1.82) is 0 Å². The third kappa shape index (κ3) is 3.81. The van der Waals surface area contributed by atoms with Crippen LogP contribution in [0, 0.1) is 0 Å². The molecule has 0 aliphatic heterocycles. The molecule has 0 saturated carbocycles. The van der Waals surface area contributed by atoms with Crippen LogP contribution in [0.2, 0.25) is 0 Å². The third-order valence-electron chi connectivity index (χ3n) is 3.87. The molecule has 26 heavy (non-hydrogen) atoms. The fraction of sp³-hybridized carbons (Fsp3) is 0.167.